The number of rotatable bonds is 3. The Morgan fingerprint density at radius 3 is 2.14 bits per heavy atom. The molecule has 5 N–H and O–H groups in total. The quantitative estimate of drug-likeness (QED) is 0.593. The van der Waals surface area contributed by atoms with E-state index in [2.05, 4.69) is 0 Å². The normalized spacial score (nSPS) is 12.6. The molecular formula is C8H17NO5. The van der Waals surface area contributed by atoms with Gasteiger partial charge in [-0.25, -0.2) is 0 Å². The van der Waals surface area contributed by atoms with Crippen LogP contribution in [0.4, 0.5) is 0 Å². The van der Waals surface area contributed by atoms with Crippen LogP contribution in [-0.2, 0) is 14.3 Å². The topological polar surface area (TPSA) is 121 Å². The first-order valence-electron chi connectivity index (χ1n) is 3.92. The van der Waals surface area contributed by atoms with Crippen LogP contribution in [0.5, 0.6) is 0 Å². The summed E-state index contributed by atoms with van der Waals surface area (Å²) in [7, 11) is 0. The van der Waals surface area contributed by atoms with Crippen LogP contribution in [0.25, 0.3) is 0 Å². The largest absolute Gasteiger partial charge is 0.480 e. The van der Waals surface area contributed by atoms with E-state index in [-0.39, 0.29) is 11.9 Å². The molecule has 1 unspecified atom stereocenters. The highest BCUT2D eigenvalue weighted by Gasteiger charge is 2.21. The van der Waals surface area contributed by atoms with Crippen molar-refractivity contribution in [3.8, 4) is 0 Å². The van der Waals surface area contributed by atoms with Gasteiger partial charge in [0, 0.05) is 0 Å². The molecule has 0 saturated carbocycles. The predicted molar refractivity (Wildman–Crippen MR) is 49.7 cm³/mol. The van der Waals surface area contributed by atoms with Crippen molar-refractivity contribution < 1.29 is 24.9 Å². The molecule has 0 aliphatic heterocycles. The number of carbonyl (C=O) groups is 2. The van der Waals surface area contributed by atoms with Gasteiger partial charge in [0.25, 0.3) is 0 Å². The second kappa shape index (κ2) is 5.56. The second-order valence-corrected chi connectivity index (χ2v) is 3.74. The van der Waals surface area contributed by atoms with E-state index < -0.39 is 23.6 Å². The van der Waals surface area contributed by atoms with Gasteiger partial charge in [-0.3, -0.25) is 9.59 Å². The SMILES string of the molecule is CC(C)(C)OC(=O)CC(N)C(=O)O.O. The van der Waals surface area contributed by atoms with Gasteiger partial charge in [-0.15, -0.1) is 0 Å². The van der Waals surface area contributed by atoms with Gasteiger partial charge in [-0.05, 0) is 20.8 Å². The van der Waals surface area contributed by atoms with E-state index in [4.69, 9.17) is 15.6 Å². The number of carboxylic acid groups (broad SMARTS) is 1. The lowest BCUT2D eigenvalue weighted by Gasteiger charge is -2.19. The molecule has 0 aliphatic carbocycles. The van der Waals surface area contributed by atoms with Crippen LogP contribution in [0, 0.1) is 0 Å². The van der Waals surface area contributed by atoms with E-state index >= 15 is 0 Å². The molecular weight excluding hydrogens is 190 g/mol. The summed E-state index contributed by atoms with van der Waals surface area (Å²) in [6, 6.07) is -1.19. The van der Waals surface area contributed by atoms with Crippen LogP contribution < -0.4 is 5.73 Å². The molecule has 84 valence electrons. The molecule has 1 atom stereocenters. The molecule has 0 aromatic carbocycles. The molecule has 0 aliphatic rings. The Balaban J connectivity index is 0. The third-order valence-corrected chi connectivity index (χ3v) is 1.12. The van der Waals surface area contributed by atoms with Gasteiger partial charge in [0.2, 0.25) is 0 Å². The zero-order chi connectivity index (χ0) is 10.6. The van der Waals surface area contributed by atoms with Crippen LogP contribution in [0.3, 0.4) is 0 Å². The van der Waals surface area contributed by atoms with E-state index in [0.29, 0.717) is 0 Å². The number of nitrogens with two attached hydrogens (primary N) is 1. The first kappa shape index (κ1) is 15.3. The minimum atomic E-state index is -1.20. The Kier molecular flexibility index (Phi) is 6.09. The minimum absolute atomic E-state index is 0. The lowest BCUT2D eigenvalue weighted by Crippen LogP contribution is -2.35. The predicted octanol–water partition coefficient (Wildman–Crippen LogP) is -0.695. The summed E-state index contributed by atoms with van der Waals surface area (Å²) in [6.45, 7) is 5.12. The number of aliphatic carboxylic acids is 1. The Morgan fingerprint density at radius 1 is 1.43 bits per heavy atom. The van der Waals surface area contributed by atoms with E-state index in [1.807, 2.05) is 0 Å². The van der Waals surface area contributed by atoms with Gasteiger partial charge < -0.3 is 21.1 Å². The van der Waals surface area contributed by atoms with Crippen molar-refractivity contribution >= 4 is 11.9 Å². The number of hydrogen-bond donors (Lipinski definition) is 2. The molecule has 6 nitrogen and oxygen atoms in total. The smallest absolute Gasteiger partial charge is 0.321 e. The summed E-state index contributed by atoms with van der Waals surface area (Å²) < 4.78 is 4.88. The first-order chi connectivity index (χ1) is 5.72. The van der Waals surface area contributed by atoms with Crippen LogP contribution >= 0.6 is 0 Å². The third kappa shape index (κ3) is 7.51. The van der Waals surface area contributed by atoms with Gasteiger partial charge in [0.1, 0.15) is 11.6 Å². The van der Waals surface area contributed by atoms with Gasteiger partial charge >= 0.3 is 11.9 Å². The van der Waals surface area contributed by atoms with Crippen molar-refractivity contribution in [1.29, 1.82) is 0 Å². The average molecular weight is 207 g/mol. The lowest BCUT2D eigenvalue weighted by molar-refractivity contribution is -0.157. The molecule has 0 saturated heterocycles. The number of ether oxygens (including phenoxy) is 1. The van der Waals surface area contributed by atoms with Crippen molar-refractivity contribution in [2.75, 3.05) is 0 Å². The molecule has 0 aromatic heterocycles. The van der Waals surface area contributed by atoms with Gasteiger partial charge in [-0.1, -0.05) is 0 Å². The van der Waals surface area contributed by atoms with Crippen molar-refractivity contribution in [3.63, 3.8) is 0 Å². The molecule has 0 aromatic rings. The summed E-state index contributed by atoms with van der Waals surface area (Å²) in [4.78, 5) is 21.3. The highest BCUT2D eigenvalue weighted by atomic mass is 16.6. The Bertz CT molecular complexity index is 208. The summed E-state index contributed by atoms with van der Waals surface area (Å²) >= 11 is 0. The molecule has 0 rings (SSSR count). The van der Waals surface area contributed by atoms with E-state index in [1.165, 1.54) is 0 Å². The fraction of sp³-hybridized carbons (Fsp3) is 0.750. The summed E-state index contributed by atoms with van der Waals surface area (Å²) in [6.07, 6.45) is -0.299. The lowest BCUT2D eigenvalue weighted by atomic mass is 10.2. The van der Waals surface area contributed by atoms with Crippen LogP contribution in [-0.4, -0.2) is 34.2 Å². The molecule has 0 spiro atoms. The van der Waals surface area contributed by atoms with E-state index in [0.717, 1.165) is 0 Å². The minimum Gasteiger partial charge on any atom is -0.480 e. The number of hydrogen-bond acceptors (Lipinski definition) is 4. The highest BCUT2D eigenvalue weighted by Crippen LogP contribution is 2.08. The van der Waals surface area contributed by atoms with Crippen molar-refractivity contribution in [1.82, 2.24) is 0 Å². The number of carbonyl (C=O) groups excluding carboxylic acids is 1. The number of esters is 1. The highest BCUT2D eigenvalue weighted by molar-refractivity contribution is 5.81. The molecule has 0 bridgehead atoms. The van der Waals surface area contributed by atoms with Crippen LogP contribution in [0.2, 0.25) is 0 Å². The standard InChI is InChI=1S/C8H15NO4.H2O/c1-8(2,3)13-6(10)4-5(9)7(11)12;/h5H,4,9H2,1-3H3,(H,11,12);1H2. The summed E-state index contributed by atoms with van der Waals surface area (Å²) in [5.41, 5.74) is 4.53. The van der Waals surface area contributed by atoms with Crippen molar-refractivity contribution in [2.24, 2.45) is 5.73 Å². The van der Waals surface area contributed by atoms with Gasteiger partial charge in [0.15, 0.2) is 0 Å². The Labute approximate surface area is 82.3 Å². The molecule has 0 heterocycles. The maximum absolute atomic E-state index is 11.0. The maximum Gasteiger partial charge on any atom is 0.321 e. The zero-order valence-corrected chi connectivity index (χ0v) is 8.53. The summed E-state index contributed by atoms with van der Waals surface area (Å²) in [5.74, 6) is -1.80. The fourth-order valence-corrected chi connectivity index (χ4v) is 0.650. The third-order valence-electron chi connectivity index (χ3n) is 1.12. The molecule has 0 fully saturated rings. The maximum atomic E-state index is 11.0. The zero-order valence-electron chi connectivity index (χ0n) is 8.53. The summed E-state index contributed by atoms with van der Waals surface area (Å²) in [5, 5.41) is 8.40. The van der Waals surface area contributed by atoms with Crippen LogP contribution in [0.1, 0.15) is 27.2 Å². The number of carboxylic acids is 1. The fourth-order valence-electron chi connectivity index (χ4n) is 0.650. The average Bonchev–Trinajstić information content (AvgIpc) is 1.81. The van der Waals surface area contributed by atoms with Crippen molar-refractivity contribution in [2.45, 2.75) is 38.8 Å². The van der Waals surface area contributed by atoms with Gasteiger partial charge in [0.05, 0.1) is 6.42 Å². The molecule has 0 amide bonds. The first-order valence-corrected chi connectivity index (χ1v) is 3.92. The van der Waals surface area contributed by atoms with Crippen molar-refractivity contribution in [3.05, 3.63) is 0 Å². The van der Waals surface area contributed by atoms with Crippen LogP contribution in [0.15, 0.2) is 0 Å². The Hall–Kier alpha value is -1.14. The molecule has 14 heavy (non-hydrogen) atoms. The monoisotopic (exact) mass is 207 g/mol. The second-order valence-electron chi connectivity index (χ2n) is 3.74. The van der Waals surface area contributed by atoms with E-state index in [9.17, 15) is 9.59 Å². The Morgan fingerprint density at radius 2 is 1.86 bits per heavy atom. The van der Waals surface area contributed by atoms with Gasteiger partial charge in [-0.2, -0.15) is 0 Å². The molecule has 6 heteroatoms. The molecule has 0 radical (unpaired) electrons. The van der Waals surface area contributed by atoms with E-state index in [1.54, 1.807) is 20.8 Å².